The van der Waals surface area contributed by atoms with Crippen molar-refractivity contribution in [3.63, 3.8) is 0 Å². The summed E-state index contributed by atoms with van der Waals surface area (Å²) >= 11 is 6.66. The maximum Gasteiger partial charge on any atom is 0.0745 e. The zero-order valence-corrected chi connectivity index (χ0v) is 8.63. The van der Waals surface area contributed by atoms with Gasteiger partial charge in [-0.2, -0.15) is 0 Å². The average Bonchev–Trinajstić information content (AvgIpc) is 1.99. The van der Waals surface area contributed by atoms with Crippen LogP contribution in [0.3, 0.4) is 0 Å². The van der Waals surface area contributed by atoms with Crippen LogP contribution in [0.1, 0.15) is 5.56 Å². The summed E-state index contributed by atoms with van der Waals surface area (Å²) in [6.07, 6.45) is 1.37. The molecule has 0 bridgehead atoms. The molecule has 0 unspecified atom stereocenters. The molecule has 0 spiro atoms. The molecule has 0 amide bonds. The molecule has 1 N–H and O–H groups in total. The maximum absolute atomic E-state index is 8.27. The average molecular weight is 279 g/mol. The molecular formula is C7H5Br2NO. The maximum atomic E-state index is 8.27. The van der Waals surface area contributed by atoms with Crippen molar-refractivity contribution in [3.05, 3.63) is 32.7 Å². The number of halogens is 2. The molecule has 2 nitrogen and oxygen atoms in total. The second-order valence-corrected chi connectivity index (χ2v) is 3.53. The molecule has 1 aromatic carbocycles. The van der Waals surface area contributed by atoms with Gasteiger partial charge in [0.1, 0.15) is 0 Å². The third-order valence-electron chi connectivity index (χ3n) is 1.18. The fourth-order valence-electron chi connectivity index (χ4n) is 0.682. The van der Waals surface area contributed by atoms with E-state index in [2.05, 4.69) is 37.0 Å². The number of oxime groups is 1. The summed E-state index contributed by atoms with van der Waals surface area (Å²) < 4.78 is 1.83. The van der Waals surface area contributed by atoms with Gasteiger partial charge in [0.2, 0.25) is 0 Å². The molecule has 0 heterocycles. The largest absolute Gasteiger partial charge is 0.411 e. The van der Waals surface area contributed by atoms with Crippen molar-refractivity contribution < 1.29 is 5.21 Å². The van der Waals surface area contributed by atoms with E-state index >= 15 is 0 Å². The molecule has 0 aliphatic rings. The molecule has 0 saturated carbocycles. The lowest BCUT2D eigenvalue weighted by Crippen LogP contribution is -1.83. The van der Waals surface area contributed by atoms with Crippen LogP contribution in [0.25, 0.3) is 0 Å². The fraction of sp³-hybridized carbons (Fsp3) is 0. The number of hydrogen-bond acceptors (Lipinski definition) is 2. The van der Waals surface area contributed by atoms with Gasteiger partial charge in [0, 0.05) is 14.5 Å². The van der Waals surface area contributed by atoms with Crippen LogP contribution in [0.4, 0.5) is 0 Å². The second kappa shape index (κ2) is 3.88. The number of rotatable bonds is 1. The van der Waals surface area contributed by atoms with E-state index in [-0.39, 0.29) is 0 Å². The van der Waals surface area contributed by atoms with Gasteiger partial charge in [0.15, 0.2) is 0 Å². The molecule has 1 rings (SSSR count). The van der Waals surface area contributed by atoms with E-state index < -0.39 is 0 Å². The normalized spacial score (nSPS) is 10.7. The Morgan fingerprint density at radius 1 is 1.36 bits per heavy atom. The minimum Gasteiger partial charge on any atom is -0.411 e. The van der Waals surface area contributed by atoms with E-state index in [0.717, 1.165) is 14.5 Å². The Balaban J connectivity index is 3.16. The molecule has 0 aromatic heterocycles. The summed E-state index contributed by atoms with van der Waals surface area (Å²) in [4.78, 5) is 0. The molecule has 11 heavy (non-hydrogen) atoms. The monoisotopic (exact) mass is 277 g/mol. The molecule has 0 fully saturated rings. The predicted molar refractivity (Wildman–Crippen MR) is 51.2 cm³/mol. The highest BCUT2D eigenvalue weighted by molar-refractivity contribution is 9.13. The van der Waals surface area contributed by atoms with E-state index in [1.54, 1.807) is 0 Å². The van der Waals surface area contributed by atoms with Gasteiger partial charge < -0.3 is 5.21 Å². The van der Waals surface area contributed by atoms with Crippen LogP contribution in [-0.2, 0) is 0 Å². The van der Waals surface area contributed by atoms with Crippen LogP contribution >= 0.6 is 31.9 Å². The minimum absolute atomic E-state index is 0.835. The summed E-state index contributed by atoms with van der Waals surface area (Å²) in [6, 6.07) is 5.61. The Hall–Kier alpha value is -0.350. The van der Waals surface area contributed by atoms with Crippen LogP contribution in [0.15, 0.2) is 32.3 Å². The second-order valence-electron chi connectivity index (χ2n) is 1.89. The highest BCUT2D eigenvalue weighted by Crippen LogP contribution is 2.25. The van der Waals surface area contributed by atoms with Gasteiger partial charge in [-0.15, -0.1) is 0 Å². The van der Waals surface area contributed by atoms with Gasteiger partial charge in [-0.3, -0.25) is 0 Å². The molecule has 1 aromatic rings. The van der Waals surface area contributed by atoms with Gasteiger partial charge >= 0.3 is 0 Å². The molecule has 0 aliphatic heterocycles. The summed E-state index contributed by atoms with van der Waals surface area (Å²) in [6.45, 7) is 0. The third kappa shape index (κ3) is 2.04. The van der Waals surface area contributed by atoms with E-state index in [1.165, 1.54) is 6.21 Å². The smallest absolute Gasteiger partial charge is 0.0745 e. The van der Waals surface area contributed by atoms with Crippen molar-refractivity contribution in [1.29, 1.82) is 0 Å². The summed E-state index contributed by atoms with van der Waals surface area (Å²) in [5.41, 5.74) is 0.835. The number of nitrogens with zero attached hydrogens (tertiary/aromatic N) is 1. The first kappa shape index (κ1) is 8.74. The SMILES string of the molecule is O/N=C/c1cccc(Br)c1Br. The molecule has 58 valence electrons. The zero-order chi connectivity index (χ0) is 8.27. The van der Waals surface area contributed by atoms with Gasteiger partial charge in [-0.05, 0) is 37.9 Å². The van der Waals surface area contributed by atoms with Crippen molar-refractivity contribution in [3.8, 4) is 0 Å². The highest BCUT2D eigenvalue weighted by atomic mass is 79.9. The minimum atomic E-state index is 0.835. The first-order valence-corrected chi connectivity index (χ1v) is 4.45. The quantitative estimate of drug-likeness (QED) is 0.478. The van der Waals surface area contributed by atoms with E-state index in [4.69, 9.17) is 5.21 Å². The summed E-state index contributed by atoms with van der Waals surface area (Å²) in [5, 5.41) is 11.2. The van der Waals surface area contributed by atoms with Crippen LogP contribution in [0, 0.1) is 0 Å². The van der Waals surface area contributed by atoms with E-state index in [0.29, 0.717) is 0 Å². The topological polar surface area (TPSA) is 32.6 Å². The highest BCUT2D eigenvalue weighted by Gasteiger charge is 1.99. The number of hydrogen-bond donors (Lipinski definition) is 1. The first-order valence-electron chi connectivity index (χ1n) is 2.87. The Morgan fingerprint density at radius 3 is 2.73 bits per heavy atom. The Labute approximate surface area is 81.2 Å². The third-order valence-corrected chi connectivity index (χ3v) is 3.26. The van der Waals surface area contributed by atoms with Crippen LogP contribution in [0.5, 0.6) is 0 Å². The van der Waals surface area contributed by atoms with Crippen LogP contribution in [0.2, 0.25) is 0 Å². The lowest BCUT2D eigenvalue weighted by molar-refractivity contribution is 0.322. The lowest BCUT2D eigenvalue weighted by Gasteiger charge is -1.97. The Kier molecular flexibility index (Phi) is 3.08. The van der Waals surface area contributed by atoms with Crippen LogP contribution in [-0.4, -0.2) is 11.4 Å². The molecular weight excluding hydrogens is 274 g/mol. The summed E-state index contributed by atoms with van der Waals surface area (Å²) in [7, 11) is 0. The van der Waals surface area contributed by atoms with Gasteiger partial charge in [0.05, 0.1) is 6.21 Å². The first-order chi connectivity index (χ1) is 5.25. The lowest BCUT2D eigenvalue weighted by atomic mass is 10.2. The standard InChI is InChI=1S/C7H5Br2NO/c8-6-3-1-2-5(4-10-11)7(6)9/h1-4,11H/b10-4+. The molecule has 0 saturated heterocycles. The molecule has 0 aliphatic carbocycles. The van der Waals surface area contributed by atoms with Gasteiger partial charge in [-0.1, -0.05) is 17.3 Å². The van der Waals surface area contributed by atoms with E-state index in [9.17, 15) is 0 Å². The van der Waals surface area contributed by atoms with Crippen molar-refractivity contribution >= 4 is 38.1 Å². The van der Waals surface area contributed by atoms with Crippen molar-refractivity contribution in [1.82, 2.24) is 0 Å². The van der Waals surface area contributed by atoms with Crippen molar-refractivity contribution in [2.75, 3.05) is 0 Å². The van der Waals surface area contributed by atoms with Crippen LogP contribution < -0.4 is 0 Å². The summed E-state index contributed by atoms with van der Waals surface area (Å²) in [5.74, 6) is 0. The Morgan fingerprint density at radius 2 is 2.09 bits per heavy atom. The van der Waals surface area contributed by atoms with Crippen molar-refractivity contribution in [2.45, 2.75) is 0 Å². The zero-order valence-electron chi connectivity index (χ0n) is 5.46. The fourth-order valence-corrected chi connectivity index (χ4v) is 1.43. The van der Waals surface area contributed by atoms with E-state index in [1.807, 2.05) is 18.2 Å². The van der Waals surface area contributed by atoms with Crippen molar-refractivity contribution in [2.24, 2.45) is 5.16 Å². The molecule has 0 atom stereocenters. The molecule has 0 radical (unpaired) electrons. The Bertz CT molecular complexity index is 286. The van der Waals surface area contributed by atoms with Gasteiger partial charge in [0.25, 0.3) is 0 Å². The molecule has 4 heteroatoms. The van der Waals surface area contributed by atoms with Gasteiger partial charge in [-0.25, -0.2) is 0 Å². The predicted octanol–water partition coefficient (Wildman–Crippen LogP) is 3.02. The number of benzene rings is 1.